The van der Waals surface area contributed by atoms with Crippen LogP contribution < -0.4 is 11.1 Å². The molecule has 3 aromatic rings. The van der Waals surface area contributed by atoms with E-state index >= 15 is 0 Å². The molecule has 4 rings (SSSR count). The van der Waals surface area contributed by atoms with E-state index in [2.05, 4.69) is 15.5 Å². The summed E-state index contributed by atoms with van der Waals surface area (Å²) in [5.74, 6) is -0.505. The zero-order valence-corrected chi connectivity index (χ0v) is 20.4. The fraction of sp³-hybridized carbons (Fsp3) is 0.400. The smallest absolute Gasteiger partial charge is 0.248 e. The van der Waals surface area contributed by atoms with E-state index in [4.69, 9.17) is 10.3 Å². The van der Waals surface area contributed by atoms with Gasteiger partial charge in [-0.15, -0.1) is 11.3 Å². The SMILES string of the molecule is Cc1cc(NC(=O)CCC(=O)N(Cc2cccs2)C(C(N)=O)(c2ccncc2)C2CCCC2)no1. The van der Waals surface area contributed by atoms with Crippen LogP contribution in [0.1, 0.15) is 54.7 Å². The number of rotatable bonds is 10. The van der Waals surface area contributed by atoms with Gasteiger partial charge in [0, 0.05) is 36.2 Å². The molecule has 184 valence electrons. The molecule has 0 aromatic carbocycles. The summed E-state index contributed by atoms with van der Waals surface area (Å²) >= 11 is 1.51. The Morgan fingerprint density at radius 1 is 1.20 bits per heavy atom. The number of carbonyl (C=O) groups excluding carboxylic acids is 3. The number of pyridine rings is 1. The highest BCUT2D eigenvalue weighted by Crippen LogP contribution is 2.46. The lowest BCUT2D eigenvalue weighted by molar-refractivity contribution is -0.153. The van der Waals surface area contributed by atoms with Crippen LogP contribution in [0.3, 0.4) is 0 Å². The minimum Gasteiger partial charge on any atom is -0.367 e. The van der Waals surface area contributed by atoms with Gasteiger partial charge in [0.15, 0.2) is 5.82 Å². The van der Waals surface area contributed by atoms with Crippen LogP contribution in [0, 0.1) is 12.8 Å². The number of hydrogen-bond acceptors (Lipinski definition) is 7. The summed E-state index contributed by atoms with van der Waals surface area (Å²) in [5.41, 5.74) is 5.48. The van der Waals surface area contributed by atoms with E-state index in [1.807, 2.05) is 17.5 Å². The molecular weight excluding hydrogens is 466 g/mol. The Hall–Kier alpha value is -3.53. The first-order valence-corrected chi connectivity index (χ1v) is 12.6. The zero-order chi connectivity index (χ0) is 24.8. The number of primary amides is 1. The average Bonchev–Trinajstić information content (AvgIpc) is 3.62. The predicted octanol–water partition coefficient (Wildman–Crippen LogP) is 3.76. The first-order chi connectivity index (χ1) is 16.9. The fourth-order valence-corrected chi connectivity index (χ4v) is 5.68. The van der Waals surface area contributed by atoms with Gasteiger partial charge in [-0.05, 0) is 54.8 Å². The van der Waals surface area contributed by atoms with Gasteiger partial charge in [0.2, 0.25) is 17.7 Å². The van der Waals surface area contributed by atoms with Crippen LogP contribution in [0.2, 0.25) is 0 Å². The average molecular weight is 496 g/mol. The Balaban J connectivity index is 1.66. The van der Waals surface area contributed by atoms with Crippen molar-refractivity contribution in [1.82, 2.24) is 15.0 Å². The molecule has 0 bridgehead atoms. The van der Waals surface area contributed by atoms with Gasteiger partial charge < -0.3 is 20.5 Å². The van der Waals surface area contributed by atoms with Gasteiger partial charge in [-0.2, -0.15) is 0 Å². The monoisotopic (exact) mass is 495 g/mol. The lowest BCUT2D eigenvalue weighted by Crippen LogP contribution is -2.60. The summed E-state index contributed by atoms with van der Waals surface area (Å²) in [6.07, 6.45) is 6.57. The summed E-state index contributed by atoms with van der Waals surface area (Å²) in [6, 6.07) is 8.96. The van der Waals surface area contributed by atoms with Crippen LogP contribution in [-0.2, 0) is 26.5 Å². The van der Waals surface area contributed by atoms with Crippen molar-refractivity contribution in [3.05, 3.63) is 64.3 Å². The molecule has 0 aliphatic heterocycles. The van der Waals surface area contributed by atoms with Crippen molar-refractivity contribution in [2.45, 2.75) is 57.5 Å². The van der Waals surface area contributed by atoms with Crippen LogP contribution in [0.5, 0.6) is 0 Å². The van der Waals surface area contributed by atoms with Crippen molar-refractivity contribution in [1.29, 1.82) is 0 Å². The molecule has 1 fully saturated rings. The highest BCUT2D eigenvalue weighted by molar-refractivity contribution is 7.09. The van der Waals surface area contributed by atoms with E-state index in [0.29, 0.717) is 17.1 Å². The van der Waals surface area contributed by atoms with Gasteiger partial charge in [-0.1, -0.05) is 24.1 Å². The van der Waals surface area contributed by atoms with E-state index in [1.165, 1.54) is 11.3 Å². The van der Waals surface area contributed by atoms with E-state index in [1.54, 1.807) is 42.4 Å². The van der Waals surface area contributed by atoms with Crippen LogP contribution >= 0.6 is 11.3 Å². The topological polar surface area (TPSA) is 131 Å². The molecular formula is C25H29N5O4S. The van der Waals surface area contributed by atoms with Crippen molar-refractivity contribution in [2.24, 2.45) is 11.7 Å². The number of anilines is 1. The number of aryl methyl sites for hydroxylation is 1. The Morgan fingerprint density at radius 2 is 1.94 bits per heavy atom. The highest BCUT2D eigenvalue weighted by Gasteiger charge is 2.53. The Morgan fingerprint density at radius 3 is 2.54 bits per heavy atom. The number of hydrogen-bond donors (Lipinski definition) is 2. The maximum Gasteiger partial charge on any atom is 0.248 e. The van der Waals surface area contributed by atoms with E-state index < -0.39 is 11.4 Å². The third-order valence-electron chi connectivity index (χ3n) is 6.52. The molecule has 1 aliphatic carbocycles. The van der Waals surface area contributed by atoms with Crippen LogP contribution in [-0.4, -0.2) is 32.8 Å². The molecule has 1 atom stereocenters. The van der Waals surface area contributed by atoms with E-state index in [0.717, 1.165) is 30.6 Å². The van der Waals surface area contributed by atoms with Crippen molar-refractivity contribution in [3.8, 4) is 0 Å². The van der Waals surface area contributed by atoms with Crippen molar-refractivity contribution in [2.75, 3.05) is 5.32 Å². The quantitative estimate of drug-likeness (QED) is 0.440. The molecule has 3 N–H and O–H groups in total. The second-order valence-corrected chi connectivity index (χ2v) is 9.81. The molecule has 0 radical (unpaired) electrons. The number of amides is 3. The van der Waals surface area contributed by atoms with Gasteiger partial charge in [0.05, 0.1) is 6.54 Å². The van der Waals surface area contributed by atoms with Crippen molar-refractivity contribution in [3.63, 3.8) is 0 Å². The summed E-state index contributed by atoms with van der Waals surface area (Å²) in [6.45, 7) is 1.95. The fourth-order valence-electron chi connectivity index (χ4n) is 4.99. The summed E-state index contributed by atoms with van der Waals surface area (Å²) in [7, 11) is 0. The number of aromatic nitrogens is 2. The molecule has 10 heteroatoms. The van der Waals surface area contributed by atoms with Gasteiger partial charge in [-0.3, -0.25) is 19.4 Å². The van der Waals surface area contributed by atoms with E-state index in [-0.39, 0.29) is 37.1 Å². The third-order valence-corrected chi connectivity index (χ3v) is 7.39. The first-order valence-electron chi connectivity index (χ1n) is 11.7. The third kappa shape index (κ3) is 5.27. The summed E-state index contributed by atoms with van der Waals surface area (Å²) < 4.78 is 4.97. The normalized spacial score (nSPS) is 15.5. The van der Waals surface area contributed by atoms with Crippen LogP contribution in [0.25, 0.3) is 0 Å². The highest BCUT2D eigenvalue weighted by atomic mass is 32.1. The maximum absolute atomic E-state index is 13.8. The molecule has 3 amide bonds. The first kappa shape index (κ1) is 24.6. The van der Waals surface area contributed by atoms with Gasteiger partial charge in [0.1, 0.15) is 11.3 Å². The number of thiophene rings is 1. The van der Waals surface area contributed by atoms with E-state index in [9.17, 15) is 14.4 Å². The molecule has 3 aromatic heterocycles. The molecule has 3 heterocycles. The second kappa shape index (κ2) is 10.8. The van der Waals surface area contributed by atoms with Crippen molar-refractivity contribution >= 4 is 34.9 Å². The minimum absolute atomic E-state index is 0.0679. The minimum atomic E-state index is -1.33. The molecule has 1 aliphatic rings. The number of nitrogens with one attached hydrogen (secondary N) is 1. The van der Waals surface area contributed by atoms with Crippen molar-refractivity contribution < 1.29 is 18.9 Å². The largest absolute Gasteiger partial charge is 0.367 e. The number of nitrogens with two attached hydrogens (primary N) is 1. The summed E-state index contributed by atoms with van der Waals surface area (Å²) in [5, 5.41) is 8.32. The Bertz CT molecular complexity index is 1160. The maximum atomic E-state index is 13.8. The Kier molecular flexibility index (Phi) is 7.60. The number of carbonyl (C=O) groups is 3. The lowest BCUT2D eigenvalue weighted by atomic mass is 9.74. The summed E-state index contributed by atoms with van der Waals surface area (Å²) in [4.78, 5) is 46.3. The van der Waals surface area contributed by atoms with Gasteiger partial charge in [0.25, 0.3) is 0 Å². The molecule has 1 unspecified atom stereocenters. The lowest BCUT2D eigenvalue weighted by Gasteiger charge is -2.46. The van der Waals surface area contributed by atoms with Gasteiger partial charge in [-0.25, -0.2) is 0 Å². The van der Waals surface area contributed by atoms with Gasteiger partial charge >= 0.3 is 0 Å². The van der Waals surface area contributed by atoms with Crippen LogP contribution in [0.15, 0.2) is 52.6 Å². The molecule has 1 saturated carbocycles. The molecule has 35 heavy (non-hydrogen) atoms. The second-order valence-electron chi connectivity index (χ2n) is 8.78. The molecule has 0 spiro atoms. The Labute approximate surface area is 207 Å². The molecule has 9 nitrogen and oxygen atoms in total. The standard InChI is InChI=1S/C25H29N5O4S/c1-17-15-21(29-34-17)28-22(31)8-9-23(32)30(16-20-7-4-14-35-20)25(24(26)33,18-5-2-3-6-18)19-10-12-27-13-11-19/h4,7,10-15,18H,2-3,5-6,8-9,16H2,1H3,(H2,26,33)(H,28,29,31). The zero-order valence-electron chi connectivity index (χ0n) is 19.6. The number of nitrogens with zero attached hydrogens (tertiary/aromatic N) is 3. The van der Waals surface area contributed by atoms with Crippen LogP contribution in [0.4, 0.5) is 5.82 Å². The predicted molar refractivity (Wildman–Crippen MR) is 131 cm³/mol. The molecule has 0 saturated heterocycles.